The average Bonchev–Trinajstić information content (AvgIpc) is 2.65. The minimum Gasteiger partial charge on any atom is -0.496 e. The van der Waals surface area contributed by atoms with Crippen LogP contribution < -0.4 is 10.1 Å². The molecular formula is C22H29F2NO3. The largest absolute Gasteiger partial charge is 0.496 e. The van der Waals surface area contributed by atoms with Crippen molar-refractivity contribution in [3.05, 3.63) is 64.7 Å². The highest BCUT2D eigenvalue weighted by atomic mass is 19.1. The molecule has 0 fully saturated rings. The van der Waals surface area contributed by atoms with Crippen molar-refractivity contribution in [1.29, 1.82) is 0 Å². The predicted molar refractivity (Wildman–Crippen MR) is 108 cm³/mol. The number of Topliss-reactive ketones (excluding diaryl/α,β-unsaturated/α-hetero) is 1. The second-order valence-corrected chi connectivity index (χ2v) is 6.82. The van der Waals surface area contributed by atoms with Gasteiger partial charge in [0.2, 0.25) is 0 Å². The monoisotopic (exact) mass is 393 g/mol. The van der Waals surface area contributed by atoms with E-state index in [1.807, 2.05) is 13.8 Å². The number of hydrogen-bond donors (Lipinski definition) is 1. The van der Waals surface area contributed by atoms with Crippen molar-refractivity contribution >= 4 is 11.6 Å². The van der Waals surface area contributed by atoms with Crippen LogP contribution in [0.5, 0.6) is 5.75 Å². The fourth-order valence-corrected chi connectivity index (χ4v) is 3.23. The Morgan fingerprint density at radius 2 is 1.79 bits per heavy atom. The zero-order chi connectivity index (χ0) is 20.8. The fraction of sp³-hybridized carbons (Fsp3) is 0.364. The van der Waals surface area contributed by atoms with Gasteiger partial charge in [0.1, 0.15) is 28.7 Å². The Morgan fingerprint density at radius 1 is 1.14 bits per heavy atom. The first-order valence-corrected chi connectivity index (χ1v) is 9.20. The van der Waals surface area contributed by atoms with Crippen molar-refractivity contribution in [2.75, 3.05) is 7.11 Å². The number of hydrogen-bond acceptors (Lipinski definition) is 4. The molecule has 0 amide bonds. The van der Waals surface area contributed by atoms with E-state index in [2.05, 4.69) is 5.32 Å². The summed E-state index contributed by atoms with van der Waals surface area (Å²) in [4.78, 5) is 24.2. The molecule has 2 aromatic carbocycles. The Bertz CT molecular complexity index is 860. The summed E-state index contributed by atoms with van der Waals surface area (Å²) >= 11 is 0. The number of rotatable bonds is 9. The van der Waals surface area contributed by atoms with Crippen molar-refractivity contribution < 1.29 is 26.0 Å². The summed E-state index contributed by atoms with van der Waals surface area (Å²) in [6.07, 6.45) is 0.894. The minimum absolute atomic E-state index is 0. The van der Waals surface area contributed by atoms with Gasteiger partial charge in [-0.2, -0.15) is 0 Å². The van der Waals surface area contributed by atoms with Crippen LogP contribution in [0.1, 0.15) is 64.0 Å². The molecule has 0 saturated heterocycles. The Balaban J connectivity index is 0.00000420. The molecule has 0 unspecified atom stereocenters. The summed E-state index contributed by atoms with van der Waals surface area (Å²) in [6, 6.07) is 7.55. The van der Waals surface area contributed by atoms with Crippen LogP contribution in [0.3, 0.4) is 0 Å². The maximum Gasteiger partial charge on any atom is 0.199 e. The van der Waals surface area contributed by atoms with Crippen molar-refractivity contribution in [1.82, 2.24) is 5.32 Å². The van der Waals surface area contributed by atoms with E-state index in [1.165, 1.54) is 26.2 Å². The van der Waals surface area contributed by atoms with E-state index in [4.69, 9.17) is 4.74 Å². The van der Waals surface area contributed by atoms with Gasteiger partial charge in [-0.3, -0.25) is 9.59 Å². The summed E-state index contributed by atoms with van der Waals surface area (Å²) < 4.78 is 33.8. The summed E-state index contributed by atoms with van der Waals surface area (Å²) in [5, 5.41) is 3.24. The highest BCUT2D eigenvalue weighted by molar-refractivity contribution is 6.11. The normalized spacial score (nSPS) is 13.1. The zero-order valence-electron chi connectivity index (χ0n) is 16.5. The van der Waals surface area contributed by atoms with Gasteiger partial charge in [-0.05, 0) is 50.6 Å². The van der Waals surface area contributed by atoms with Gasteiger partial charge < -0.3 is 10.1 Å². The van der Waals surface area contributed by atoms with Gasteiger partial charge in [-0.25, -0.2) is 8.78 Å². The molecular weight excluding hydrogens is 364 g/mol. The van der Waals surface area contributed by atoms with Crippen LogP contribution in [0.15, 0.2) is 36.4 Å². The molecule has 0 saturated carbocycles. The predicted octanol–water partition coefficient (Wildman–Crippen LogP) is 5.10. The molecule has 1 N–H and O–H groups in total. The number of benzene rings is 2. The van der Waals surface area contributed by atoms with Gasteiger partial charge in [0.05, 0.1) is 7.11 Å². The lowest BCUT2D eigenvalue weighted by Crippen LogP contribution is -2.32. The van der Waals surface area contributed by atoms with Crippen molar-refractivity contribution in [2.45, 2.75) is 45.7 Å². The molecule has 154 valence electrons. The van der Waals surface area contributed by atoms with E-state index in [-0.39, 0.29) is 37.6 Å². The number of ether oxygens (including phenoxy) is 1. The van der Waals surface area contributed by atoms with Crippen molar-refractivity contribution in [3.63, 3.8) is 0 Å². The third-order valence-corrected chi connectivity index (χ3v) is 4.55. The smallest absolute Gasteiger partial charge is 0.199 e. The van der Waals surface area contributed by atoms with Crippen molar-refractivity contribution in [3.8, 4) is 5.75 Å². The van der Waals surface area contributed by atoms with E-state index in [0.29, 0.717) is 18.4 Å². The van der Waals surface area contributed by atoms with Crippen LogP contribution in [-0.4, -0.2) is 24.7 Å². The molecule has 0 spiro atoms. The lowest BCUT2D eigenvalue weighted by Gasteiger charge is -2.24. The van der Waals surface area contributed by atoms with Crippen LogP contribution >= 0.6 is 0 Å². The number of carbonyl (C=O) groups is 2. The molecule has 0 bridgehead atoms. The Kier molecular flexibility index (Phi) is 7.40. The third-order valence-electron chi connectivity index (χ3n) is 4.55. The number of carbonyl (C=O) groups excluding carboxylic acids is 2. The summed E-state index contributed by atoms with van der Waals surface area (Å²) in [6.45, 7) is 5.26. The maximum absolute atomic E-state index is 15.4. The first kappa shape index (κ1) is 21.7. The molecule has 0 radical (unpaired) electrons. The standard InChI is InChI=1S/C22H25F2NO3.2H2/c1-5-18(25-13(2)12-14(3)26)17-10-11-19(28-4)20(21(17)24)22(27)15-6-8-16(23)9-7-15;;/h6-11,13,18,25H,5,12H2,1-4H3;2*1H/t13-,18-;;/m1../s1. The van der Waals surface area contributed by atoms with E-state index in [0.717, 1.165) is 12.1 Å². The Labute approximate surface area is 166 Å². The van der Waals surface area contributed by atoms with Crippen LogP contribution in [-0.2, 0) is 4.79 Å². The van der Waals surface area contributed by atoms with E-state index in [9.17, 15) is 14.0 Å². The summed E-state index contributed by atoms with van der Waals surface area (Å²) in [5.74, 6) is -1.59. The van der Waals surface area contributed by atoms with Crippen LogP contribution in [0.25, 0.3) is 0 Å². The lowest BCUT2D eigenvalue weighted by molar-refractivity contribution is -0.117. The fourth-order valence-electron chi connectivity index (χ4n) is 3.23. The van der Waals surface area contributed by atoms with Gasteiger partial charge in [-0.1, -0.05) is 13.0 Å². The summed E-state index contributed by atoms with van der Waals surface area (Å²) in [7, 11) is 1.36. The quantitative estimate of drug-likeness (QED) is 0.602. The SMILES string of the molecule is CC[C@@H](N[C@H](C)CC(C)=O)c1ccc(OC)c(C(=O)c2ccc(F)cc2)c1F.[HH].[HH]. The molecule has 4 nitrogen and oxygen atoms in total. The highest BCUT2D eigenvalue weighted by Crippen LogP contribution is 2.31. The lowest BCUT2D eigenvalue weighted by atomic mass is 9.94. The molecule has 0 aromatic heterocycles. The number of nitrogens with one attached hydrogen (secondary N) is 1. The van der Waals surface area contributed by atoms with Gasteiger partial charge in [-0.15, -0.1) is 0 Å². The first-order chi connectivity index (χ1) is 13.3. The van der Waals surface area contributed by atoms with Crippen LogP contribution in [0.2, 0.25) is 0 Å². The van der Waals surface area contributed by atoms with Gasteiger partial charge in [0, 0.05) is 32.5 Å². The highest BCUT2D eigenvalue weighted by Gasteiger charge is 2.26. The summed E-state index contributed by atoms with van der Waals surface area (Å²) in [5.41, 5.74) is 0.303. The topological polar surface area (TPSA) is 55.4 Å². The maximum atomic E-state index is 15.4. The molecule has 0 aliphatic carbocycles. The van der Waals surface area contributed by atoms with Crippen molar-refractivity contribution in [2.24, 2.45) is 0 Å². The minimum atomic E-state index is -0.678. The third kappa shape index (κ3) is 5.01. The molecule has 0 heterocycles. The molecule has 6 heteroatoms. The molecule has 0 aliphatic heterocycles. The molecule has 28 heavy (non-hydrogen) atoms. The molecule has 2 rings (SSSR count). The Morgan fingerprint density at radius 3 is 2.32 bits per heavy atom. The van der Waals surface area contributed by atoms with Gasteiger partial charge in [0.25, 0.3) is 0 Å². The van der Waals surface area contributed by atoms with E-state index < -0.39 is 17.4 Å². The van der Waals surface area contributed by atoms with Crippen LogP contribution in [0, 0.1) is 11.6 Å². The average molecular weight is 393 g/mol. The second kappa shape index (κ2) is 9.55. The number of ketones is 2. The molecule has 2 aromatic rings. The molecule has 0 aliphatic rings. The second-order valence-electron chi connectivity index (χ2n) is 6.82. The number of halogens is 2. The Hall–Kier alpha value is -2.60. The van der Waals surface area contributed by atoms with E-state index in [1.54, 1.807) is 12.1 Å². The zero-order valence-corrected chi connectivity index (χ0v) is 16.5. The molecule has 2 atom stereocenters. The van der Waals surface area contributed by atoms with Gasteiger partial charge in [0.15, 0.2) is 5.78 Å². The first-order valence-electron chi connectivity index (χ1n) is 9.20. The van der Waals surface area contributed by atoms with Crippen LogP contribution in [0.4, 0.5) is 8.78 Å². The van der Waals surface area contributed by atoms with Gasteiger partial charge >= 0.3 is 0 Å². The number of methoxy groups -OCH3 is 1. The van der Waals surface area contributed by atoms with E-state index >= 15 is 4.39 Å².